The minimum Gasteiger partial charge on any atom is -0.494 e. The fourth-order valence-electron chi connectivity index (χ4n) is 1.93. The summed E-state index contributed by atoms with van der Waals surface area (Å²) in [5.74, 6) is 2.14. The summed E-state index contributed by atoms with van der Waals surface area (Å²) in [6.07, 6.45) is 0. The Morgan fingerprint density at radius 1 is 1.05 bits per heavy atom. The lowest BCUT2D eigenvalue weighted by Crippen LogP contribution is -2.11. The maximum Gasteiger partial charge on any atom is 0.146 e. The number of hydrogen-bond acceptors (Lipinski definition) is 3. The standard InChI is InChI=1S/C17H20ClNO2/c1-3-19-12-13-8-9-17(16(18)10-13)21-15-7-5-6-14(11-15)20-4-2/h5-11,19H,3-4,12H2,1-2H3. The summed E-state index contributed by atoms with van der Waals surface area (Å²) in [6.45, 7) is 6.39. The molecule has 0 aromatic heterocycles. The van der Waals surface area contributed by atoms with Crippen LogP contribution in [-0.4, -0.2) is 13.2 Å². The smallest absolute Gasteiger partial charge is 0.146 e. The maximum absolute atomic E-state index is 6.28. The van der Waals surface area contributed by atoms with Gasteiger partial charge in [0.05, 0.1) is 11.6 Å². The minimum atomic E-state index is 0.604. The fourth-order valence-corrected chi connectivity index (χ4v) is 2.17. The van der Waals surface area contributed by atoms with Crippen LogP contribution >= 0.6 is 11.6 Å². The highest BCUT2D eigenvalue weighted by atomic mass is 35.5. The van der Waals surface area contributed by atoms with Crippen molar-refractivity contribution in [3.05, 3.63) is 53.1 Å². The topological polar surface area (TPSA) is 30.5 Å². The van der Waals surface area contributed by atoms with Gasteiger partial charge in [-0.05, 0) is 43.3 Å². The molecule has 0 saturated carbocycles. The van der Waals surface area contributed by atoms with Gasteiger partial charge >= 0.3 is 0 Å². The molecule has 0 spiro atoms. The summed E-state index contributed by atoms with van der Waals surface area (Å²) < 4.78 is 11.3. The van der Waals surface area contributed by atoms with Gasteiger partial charge in [-0.25, -0.2) is 0 Å². The predicted molar refractivity (Wildman–Crippen MR) is 86.5 cm³/mol. The molecule has 0 amide bonds. The third-order valence-corrected chi connectivity index (χ3v) is 3.22. The van der Waals surface area contributed by atoms with Gasteiger partial charge in [-0.2, -0.15) is 0 Å². The molecule has 0 fully saturated rings. The zero-order valence-electron chi connectivity index (χ0n) is 12.4. The van der Waals surface area contributed by atoms with Gasteiger partial charge in [-0.1, -0.05) is 30.7 Å². The van der Waals surface area contributed by atoms with Gasteiger partial charge in [0.15, 0.2) is 0 Å². The average Bonchev–Trinajstić information content (AvgIpc) is 2.48. The Hall–Kier alpha value is -1.71. The SMILES string of the molecule is CCNCc1ccc(Oc2cccc(OCC)c2)c(Cl)c1. The van der Waals surface area contributed by atoms with Crippen LogP contribution in [0.25, 0.3) is 0 Å². The number of rotatable bonds is 7. The van der Waals surface area contributed by atoms with Crippen LogP contribution in [0.5, 0.6) is 17.2 Å². The van der Waals surface area contributed by atoms with E-state index in [1.54, 1.807) is 0 Å². The van der Waals surface area contributed by atoms with Crippen molar-refractivity contribution in [2.45, 2.75) is 20.4 Å². The first-order valence-corrected chi connectivity index (χ1v) is 7.50. The number of benzene rings is 2. The lowest BCUT2D eigenvalue weighted by Gasteiger charge is -2.11. The zero-order chi connectivity index (χ0) is 15.1. The van der Waals surface area contributed by atoms with Gasteiger partial charge in [0.2, 0.25) is 0 Å². The number of nitrogens with one attached hydrogen (secondary N) is 1. The normalized spacial score (nSPS) is 10.4. The quantitative estimate of drug-likeness (QED) is 0.808. The van der Waals surface area contributed by atoms with Crippen molar-refractivity contribution in [3.63, 3.8) is 0 Å². The molecule has 1 N–H and O–H groups in total. The molecule has 0 bridgehead atoms. The first-order valence-electron chi connectivity index (χ1n) is 7.12. The molecule has 0 atom stereocenters. The molecule has 0 aliphatic heterocycles. The second-order valence-corrected chi connectivity index (χ2v) is 4.96. The van der Waals surface area contributed by atoms with Crippen LogP contribution in [0.1, 0.15) is 19.4 Å². The molecule has 0 aliphatic carbocycles. The Kier molecular flexibility index (Phi) is 5.90. The Bertz CT molecular complexity index is 587. The molecule has 0 unspecified atom stereocenters. The molecule has 0 saturated heterocycles. The summed E-state index contributed by atoms with van der Waals surface area (Å²) in [7, 11) is 0. The highest BCUT2D eigenvalue weighted by Crippen LogP contribution is 2.31. The van der Waals surface area contributed by atoms with Gasteiger partial charge in [0.1, 0.15) is 17.2 Å². The number of halogens is 1. The van der Waals surface area contributed by atoms with Gasteiger partial charge in [-0.3, -0.25) is 0 Å². The molecule has 0 radical (unpaired) electrons. The summed E-state index contributed by atoms with van der Waals surface area (Å²) in [6, 6.07) is 13.4. The van der Waals surface area contributed by atoms with Crippen LogP contribution in [0.2, 0.25) is 5.02 Å². The number of ether oxygens (including phenoxy) is 2. The van der Waals surface area contributed by atoms with E-state index in [0.29, 0.717) is 23.1 Å². The first kappa shape index (κ1) is 15.7. The van der Waals surface area contributed by atoms with Crippen LogP contribution in [0.15, 0.2) is 42.5 Å². The van der Waals surface area contributed by atoms with E-state index in [0.717, 1.165) is 24.4 Å². The van der Waals surface area contributed by atoms with E-state index in [1.165, 1.54) is 0 Å². The van der Waals surface area contributed by atoms with E-state index in [9.17, 15) is 0 Å². The molecule has 112 valence electrons. The molecule has 2 rings (SSSR count). The van der Waals surface area contributed by atoms with E-state index in [1.807, 2.05) is 49.4 Å². The summed E-state index contributed by atoms with van der Waals surface area (Å²) in [5.41, 5.74) is 1.14. The van der Waals surface area contributed by atoms with Crippen LogP contribution < -0.4 is 14.8 Å². The van der Waals surface area contributed by atoms with Gasteiger partial charge in [0, 0.05) is 12.6 Å². The molecular formula is C17H20ClNO2. The Morgan fingerprint density at radius 2 is 1.86 bits per heavy atom. The molecule has 3 nitrogen and oxygen atoms in total. The monoisotopic (exact) mass is 305 g/mol. The second-order valence-electron chi connectivity index (χ2n) is 4.56. The third kappa shape index (κ3) is 4.66. The maximum atomic E-state index is 6.28. The van der Waals surface area contributed by atoms with Crippen LogP contribution in [0, 0.1) is 0 Å². The number of hydrogen-bond donors (Lipinski definition) is 1. The van der Waals surface area contributed by atoms with Gasteiger partial charge < -0.3 is 14.8 Å². The average molecular weight is 306 g/mol. The van der Waals surface area contributed by atoms with Crippen molar-refractivity contribution in [1.82, 2.24) is 5.32 Å². The van der Waals surface area contributed by atoms with E-state index in [2.05, 4.69) is 12.2 Å². The van der Waals surface area contributed by atoms with Crippen LogP contribution in [0.4, 0.5) is 0 Å². The molecule has 4 heteroatoms. The predicted octanol–water partition coefficient (Wildman–Crippen LogP) is 4.64. The Balaban J connectivity index is 2.10. The molecule has 0 heterocycles. The van der Waals surface area contributed by atoms with Crippen molar-refractivity contribution in [1.29, 1.82) is 0 Å². The van der Waals surface area contributed by atoms with Crippen molar-refractivity contribution < 1.29 is 9.47 Å². The fraction of sp³-hybridized carbons (Fsp3) is 0.294. The van der Waals surface area contributed by atoms with E-state index >= 15 is 0 Å². The molecule has 21 heavy (non-hydrogen) atoms. The zero-order valence-corrected chi connectivity index (χ0v) is 13.1. The largest absolute Gasteiger partial charge is 0.494 e. The summed E-state index contributed by atoms with van der Waals surface area (Å²) in [5, 5.41) is 3.87. The molecule has 2 aromatic carbocycles. The molecular weight excluding hydrogens is 286 g/mol. The lowest BCUT2D eigenvalue weighted by atomic mass is 10.2. The first-order chi connectivity index (χ1) is 10.2. The Labute approximate surface area is 130 Å². The van der Waals surface area contributed by atoms with Crippen molar-refractivity contribution in [2.24, 2.45) is 0 Å². The van der Waals surface area contributed by atoms with Gasteiger partial charge in [-0.15, -0.1) is 0 Å². The van der Waals surface area contributed by atoms with Gasteiger partial charge in [0.25, 0.3) is 0 Å². The van der Waals surface area contributed by atoms with Crippen LogP contribution in [0.3, 0.4) is 0 Å². The minimum absolute atomic E-state index is 0.604. The highest BCUT2D eigenvalue weighted by Gasteiger charge is 2.05. The molecule has 0 aliphatic rings. The lowest BCUT2D eigenvalue weighted by molar-refractivity contribution is 0.338. The highest BCUT2D eigenvalue weighted by molar-refractivity contribution is 6.32. The Morgan fingerprint density at radius 3 is 2.57 bits per heavy atom. The van der Waals surface area contributed by atoms with Crippen molar-refractivity contribution in [3.8, 4) is 17.2 Å². The molecule has 2 aromatic rings. The van der Waals surface area contributed by atoms with Crippen LogP contribution in [-0.2, 0) is 6.54 Å². The summed E-state index contributed by atoms with van der Waals surface area (Å²) in [4.78, 5) is 0. The van der Waals surface area contributed by atoms with Crippen molar-refractivity contribution in [2.75, 3.05) is 13.2 Å². The third-order valence-electron chi connectivity index (χ3n) is 2.92. The summed E-state index contributed by atoms with van der Waals surface area (Å²) >= 11 is 6.28. The van der Waals surface area contributed by atoms with Crippen molar-refractivity contribution >= 4 is 11.6 Å². The second kappa shape index (κ2) is 7.91. The van der Waals surface area contributed by atoms with E-state index in [-0.39, 0.29) is 0 Å². The van der Waals surface area contributed by atoms with E-state index in [4.69, 9.17) is 21.1 Å². The van der Waals surface area contributed by atoms with E-state index < -0.39 is 0 Å².